The number of hydrogen-bond donors (Lipinski definition) is 1. The number of nitrogens with one attached hydrogen (secondary N) is 1. The maximum atomic E-state index is 12.5. The molecule has 0 aliphatic carbocycles. The molecule has 0 unspecified atom stereocenters. The summed E-state index contributed by atoms with van der Waals surface area (Å²) in [5, 5.41) is 11.3. The monoisotopic (exact) mass is 430 g/mol. The quantitative estimate of drug-likeness (QED) is 0.494. The molecule has 162 valence electrons. The molecule has 1 amide bonds. The normalized spacial score (nSPS) is 13.8. The lowest BCUT2D eigenvalue weighted by Gasteiger charge is -2.39. The number of benzene rings is 1. The molecule has 0 radical (unpaired) electrons. The van der Waals surface area contributed by atoms with Crippen molar-refractivity contribution in [1.82, 2.24) is 35.2 Å². The van der Waals surface area contributed by atoms with Gasteiger partial charge in [-0.15, -0.1) is 0 Å². The van der Waals surface area contributed by atoms with Gasteiger partial charge in [-0.3, -0.25) is 4.79 Å². The third-order valence-electron chi connectivity index (χ3n) is 5.36. The Bertz CT molecular complexity index is 1240. The molecule has 0 saturated carbocycles. The van der Waals surface area contributed by atoms with Crippen LogP contribution < -0.4 is 10.2 Å². The molecule has 10 heteroatoms. The van der Waals surface area contributed by atoms with Gasteiger partial charge in [0.05, 0.1) is 18.2 Å². The van der Waals surface area contributed by atoms with E-state index >= 15 is 0 Å². The first-order valence-electron chi connectivity index (χ1n) is 10.3. The molecule has 1 N–H and O–H groups in total. The van der Waals surface area contributed by atoms with Crippen LogP contribution in [0.2, 0.25) is 0 Å². The maximum Gasteiger partial charge on any atom is 0.246 e. The van der Waals surface area contributed by atoms with Crippen LogP contribution in [0.4, 0.5) is 5.82 Å². The summed E-state index contributed by atoms with van der Waals surface area (Å²) in [5.74, 6) is 2.19. The molecule has 0 spiro atoms. The number of amides is 1. The molecule has 1 aliphatic rings. The third kappa shape index (κ3) is 3.94. The van der Waals surface area contributed by atoms with Gasteiger partial charge in [-0.05, 0) is 19.9 Å². The first kappa shape index (κ1) is 19.9. The van der Waals surface area contributed by atoms with Gasteiger partial charge in [0.2, 0.25) is 17.6 Å². The van der Waals surface area contributed by atoms with Crippen molar-refractivity contribution < 1.29 is 9.32 Å². The molecule has 1 saturated heterocycles. The summed E-state index contributed by atoms with van der Waals surface area (Å²) < 4.78 is 7.04. The van der Waals surface area contributed by atoms with E-state index in [4.69, 9.17) is 4.52 Å². The number of carbonyl (C=O) groups is 1. The van der Waals surface area contributed by atoms with Crippen molar-refractivity contribution in [3.05, 3.63) is 66.1 Å². The largest absolute Gasteiger partial charge is 0.355 e. The number of anilines is 1. The number of hydrogen-bond acceptors (Lipinski definition) is 8. The lowest BCUT2D eigenvalue weighted by Crippen LogP contribution is -2.54. The van der Waals surface area contributed by atoms with Crippen LogP contribution in [-0.4, -0.2) is 48.9 Å². The van der Waals surface area contributed by atoms with Crippen molar-refractivity contribution in [3.8, 4) is 17.2 Å². The summed E-state index contributed by atoms with van der Waals surface area (Å²) in [7, 11) is 0. The zero-order valence-corrected chi connectivity index (χ0v) is 17.8. The van der Waals surface area contributed by atoms with Crippen LogP contribution >= 0.6 is 0 Å². The molecule has 0 atom stereocenters. The van der Waals surface area contributed by atoms with Gasteiger partial charge in [-0.25, -0.2) is 14.6 Å². The molecule has 4 aromatic rings. The summed E-state index contributed by atoms with van der Waals surface area (Å²) in [6.45, 7) is 5.29. The van der Waals surface area contributed by atoms with E-state index in [1.54, 1.807) is 4.68 Å². The molecular weight excluding hydrogens is 408 g/mol. The minimum absolute atomic E-state index is 0.0477. The predicted molar refractivity (Wildman–Crippen MR) is 116 cm³/mol. The van der Waals surface area contributed by atoms with Crippen LogP contribution in [0.5, 0.6) is 0 Å². The lowest BCUT2D eigenvalue weighted by molar-refractivity contribution is -0.126. The Balaban J connectivity index is 1.16. The first-order chi connectivity index (χ1) is 15.6. The van der Waals surface area contributed by atoms with E-state index in [1.165, 1.54) is 6.33 Å². The van der Waals surface area contributed by atoms with Gasteiger partial charge in [-0.2, -0.15) is 10.1 Å². The number of rotatable bonds is 6. The van der Waals surface area contributed by atoms with E-state index in [1.807, 2.05) is 61.2 Å². The minimum Gasteiger partial charge on any atom is -0.355 e. The molecular formula is C22H22N8O2. The average molecular weight is 430 g/mol. The molecule has 1 fully saturated rings. The van der Waals surface area contributed by atoms with Gasteiger partial charge in [-0.1, -0.05) is 35.5 Å². The van der Waals surface area contributed by atoms with Gasteiger partial charge >= 0.3 is 0 Å². The van der Waals surface area contributed by atoms with Gasteiger partial charge in [0, 0.05) is 30.4 Å². The smallest absolute Gasteiger partial charge is 0.246 e. The first-order valence-corrected chi connectivity index (χ1v) is 10.3. The molecule has 3 aromatic heterocycles. The highest BCUT2D eigenvalue weighted by molar-refractivity contribution is 5.81. The van der Waals surface area contributed by atoms with Crippen molar-refractivity contribution in [2.24, 2.45) is 5.92 Å². The predicted octanol–water partition coefficient (Wildman–Crippen LogP) is 2.08. The zero-order chi connectivity index (χ0) is 22.1. The second kappa shape index (κ2) is 8.22. The molecule has 1 aromatic carbocycles. The lowest BCUT2D eigenvalue weighted by atomic mass is 9.99. The fourth-order valence-electron chi connectivity index (χ4n) is 3.66. The molecule has 5 rings (SSSR count). The van der Waals surface area contributed by atoms with Gasteiger partial charge in [0.25, 0.3) is 0 Å². The van der Waals surface area contributed by atoms with Crippen molar-refractivity contribution in [3.63, 3.8) is 0 Å². The third-order valence-corrected chi connectivity index (χ3v) is 5.36. The number of aryl methyl sites for hydroxylation is 2. The number of nitrogens with zero attached hydrogens (tertiary/aromatic N) is 7. The Labute approximate surface area is 184 Å². The average Bonchev–Trinajstić information content (AvgIpc) is 3.38. The second-order valence-electron chi connectivity index (χ2n) is 7.77. The molecule has 32 heavy (non-hydrogen) atoms. The highest BCUT2D eigenvalue weighted by Crippen LogP contribution is 2.24. The Morgan fingerprint density at radius 1 is 1.12 bits per heavy atom. The minimum atomic E-state index is -0.126. The molecule has 1 aliphatic heterocycles. The molecule has 0 bridgehead atoms. The van der Waals surface area contributed by atoms with E-state index in [0.717, 1.165) is 22.8 Å². The van der Waals surface area contributed by atoms with Crippen molar-refractivity contribution in [1.29, 1.82) is 0 Å². The van der Waals surface area contributed by atoms with Crippen LogP contribution in [0.25, 0.3) is 17.2 Å². The highest BCUT2D eigenvalue weighted by atomic mass is 16.5. The van der Waals surface area contributed by atoms with Crippen LogP contribution in [0.15, 0.2) is 53.3 Å². The summed E-state index contributed by atoms with van der Waals surface area (Å²) in [6, 6.07) is 13.4. The van der Waals surface area contributed by atoms with Crippen LogP contribution in [0.3, 0.4) is 0 Å². The number of aromatic nitrogens is 6. The van der Waals surface area contributed by atoms with Gasteiger partial charge in [0.15, 0.2) is 5.82 Å². The summed E-state index contributed by atoms with van der Waals surface area (Å²) in [6.07, 6.45) is 1.52. The van der Waals surface area contributed by atoms with E-state index in [-0.39, 0.29) is 18.4 Å². The topological polar surface area (TPSA) is 115 Å². The second-order valence-corrected chi connectivity index (χ2v) is 7.77. The van der Waals surface area contributed by atoms with Gasteiger partial charge in [0.1, 0.15) is 12.1 Å². The Morgan fingerprint density at radius 3 is 2.66 bits per heavy atom. The Kier molecular flexibility index (Phi) is 5.10. The van der Waals surface area contributed by atoms with Crippen LogP contribution in [0, 0.1) is 19.8 Å². The van der Waals surface area contributed by atoms with E-state index in [2.05, 4.69) is 30.5 Å². The summed E-state index contributed by atoms with van der Waals surface area (Å²) >= 11 is 0. The number of carbonyl (C=O) groups excluding carboxylic acids is 1. The Hall–Kier alpha value is -4.08. The van der Waals surface area contributed by atoms with E-state index in [0.29, 0.717) is 30.6 Å². The fourth-order valence-corrected chi connectivity index (χ4v) is 3.66. The van der Waals surface area contributed by atoms with Gasteiger partial charge < -0.3 is 14.7 Å². The maximum absolute atomic E-state index is 12.5. The van der Waals surface area contributed by atoms with Crippen molar-refractivity contribution in [2.45, 2.75) is 20.4 Å². The standard InChI is InChI=1S/C22H22N8O2/c1-14-8-15(2)30(27-14)19-9-18(24-13-25-19)29-11-17(12-29)22(31)23-10-20-26-21(28-32-20)16-6-4-3-5-7-16/h3-9,13,17H,10-12H2,1-2H3,(H,23,31). The van der Waals surface area contributed by atoms with E-state index < -0.39 is 0 Å². The summed E-state index contributed by atoms with van der Waals surface area (Å²) in [5.41, 5.74) is 2.80. The summed E-state index contributed by atoms with van der Waals surface area (Å²) in [4.78, 5) is 27.6. The Morgan fingerprint density at radius 2 is 1.91 bits per heavy atom. The van der Waals surface area contributed by atoms with E-state index in [9.17, 15) is 4.79 Å². The van der Waals surface area contributed by atoms with Crippen LogP contribution in [-0.2, 0) is 11.3 Å². The molecule has 4 heterocycles. The fraction of sp³-hybridized carbons (Fsp3) is 0.273. The van der Waals surface area contributed by atoms with Crippen LogP contribution in [0.1, 0.15) is 17.3 Å². The van der Waals surface area contributed by atoms with Crippen molar-refractivity contribution >= 4 is 11.7 Å². The zero-order valence-electron chi connectivity index (χ0n) is 17.8. The highest BCUT2D eigenvalue weighted by Gasteiger charge is 2.33. The molecule has 10 nitrogen and oxygen atoms in total. The SMILES string of the molecule is Cc1cc(C)n(-c2cc(N3CC(C(=O)NCc4nc(-c5ccccc5)no4)C3)ncn2)n1. The van der Waals surface area contributed by atoms with Crippen molar-refractivity contribution in [2.75, 3.05) is 18.0 Å².